The van der Waals surface area contributed by atoms with Gasteiger partial charge in [-0.15, -0.1) is 5.06 Å². The lowest BCUT2D eigenvalue weighted by atomic mass is 10.1. The predicted octanol–water partition coefficient (Wildman–Crippen LogP) is 2.47. The lowest BCUT2D eigenvalue weighted by molar-refractivity contribution is -0.171. The normalized spacial score (nSPS) is 29.6. The molecule has 2 atom stereocenters. The molecule has 1 fully saturated rings. The zero-order valence-corrected chi connectivity index (χ0v) is 11.3. The van der Waals surface area contributed by atoms with E-state index in [4.69, 9.17) is 14.3 Å². The standard InChI is InChI=1S/C15H19NO3/c1-15(2)17-11-14(19-15)13-8-9-18-16(13)10-12-6-4-3-5-7-12/h3-9,13-14H,10-11H2,1-2H3/t13-,14+/m0/s1. The van der Waals surface area contributed by atoms with Crippen molar-refractivity contribution < 1.29 is 14.3 Å². The van der Waals surface area contributed by atoms with Crippen molar-refractivity contribution in [2.75, 3.05) is 6.61 Å². The first-order chi connectivity index (χ1) is 9.14. The second kappa shape index (κ2) is 4.96. The van der Waals surface area contributed by atoms with E-state index in [1.807, 2.05) is 43.2 Å². The van der Waals surface area contributed by atoms with Crippen LogP contribution in [0.2, 0.25) is 0 Å². The average molecular weight is 261 g/mol. The first kappa shape index (κ1) is 12.7. The van der Waals surface area contributed by atoms with Crippen molar-refractivity contribution in [2.24, 2.45) is 0 Å². The zero-order valence-electron chi connectivity index (χ0n) is 11.3. The fraction of sp³-hybridized carbons (Fsp3) is 0.467. The summed E-state index contributed by atoms with van der Waals surface area (Å²) in [5.74, 6) is -0.500. The SMILES string of the molecule is CC1(C)OC[C@H]([C@@H]2C=CON2Cc2ccccc2)O1. The molecule has 0 radical (unpaired) electrons. The maximum atomic E-state index is 5.91. The number of nitrogens with zero attached hydrogens (tertiary/aromatic N) is 1. The maximum absolute atomic E-state index is 5.91. The highest BCUT2D eigenvalue weighted by atomic mass is 16.7. The van der Waals surface area contributed by atoms with E-state index in [0.29, 0.717) is 6.61 Å². The Morgan fingerprint density at radius 1 is 1.26 bits per heavy atom. The fourth-order valence-corrected chi connectivity index (χ4v) is 2.46. The molecule has 1 aromatic rings. The minimum absolute atomic E-state index is 0.0115. The monoisotopic (exact) mass is 261 g/mol. The Bertz CT molecular complexity index is 458. The predicted molar refractivity (Wildman–Crippen MR) is 70.9 cm³/mol. The zero-order chi connectivity index (χ0) is 13.3. The average Bonchev–Trinajstić information content (AvgIpc) is 2.97. The Kier molecular flexibility index (Phi) is 3.31. The summed E-state index contributed by atoms with van der Waals surface area (Å²) in [6, 6.07) is 10.4. The molecule has 3 rings (SSSR count). The third kappa shape index (κ3) is 2.81. The molecule has 102 valence electrons. The summed E-state index contributed by atoms with van der Waals surface area (Å²) in [6.45, 7) is 5.21. The first-order valence-electron chi connectivity index (χ1n) is 6.60. The van der Waals surface area contributed by atoms with Crippen LogP contribution in [-0.4, -0.2) is 29.6 Å². The van der Waals surface area contributed by atoms with E-state index in [1.165, 1.54) is 5.56 Å². The Hall–Kier alpha value is -1.36. The third-order valence-corrected chi connectivity index (χ3v) is 3.40. The second-order valence-corrected chi connectivity index (χ2v) is 5.35. The van der Waals surface area contributed by atoms with E-state index in [2.05, 4.69) is 12.1 Å². The van der Waals surface area contributed by atoms with Crippen LogP contribution in [0.1, 0.15) is 19.4 Å². The largest absolute Gasteiger partial charge is 0.413 e. The van der Waals surface area contributed by atoms with E-state index in [-0.39, 0.29) is 12.1 Å². The van der Waals surface area contributed by atoms with Gasteiger partial charge in [-0.25, -0.2) is 0 Å². The molecule has 2 aliphatic rings. The first-order valence-corrected chi connectivity index (χ1v) is 6.60. The lowest BCUT2D eigenvalue weighted by Crippen LogP contribution is -2.40. The molecule has 4 nitrogen and oxygen atoms in total. The Balaban J connectivity index is 1.67. The van der Waals surface area contributed by atoms with Crippen LogP contribution in [0.3, 0.4) is 0 Å². The molecule has 2 heterocycles. The van der Waals surface area contributed by atoms with Crippen LogP contribution in [0.15, 0.2) is 42.7 Å². The van der Waals surface area contributed by atoms with Gasteiger partial charge >= 0.3 is 0 Å². The van der Waals surface area contributed by atoms with Crippen LogP contribution in [0, 0.1) is 0 Å². The van der Waals surface area contributed by atoms with Gasteiger partial charge in [0.05, 0.1) is 19.2 Å². The van der Waals surface area contributed by atoms with Gasteiger partial charge in [-0.05, 0) is 25.5 Å². The number of hydrogen-bond donors (Lipinski definition) is 0. The summed E-state index contributed by atoms with van der Waals surface area (Å²) in [4.78, 5) is 5.57. The van der Waals surface area contributed by atoms with E-state index in [1.54, 1.807) is 6.26 Å². The molecule has 0 N–H and O–H groups in total. The molecule has 19 heavy (non-hydrogen) atoms. The Morgan fingerprint density at radius 3 is 2.74 bits per heavy atom. The van der Waals surface area contributed by atoms with Crippen molar-refractivity contribution >= 4 is 0 Å². The Morgan fingerprint density at radius 2 is 2.05 bits per heavy atom. The number of hydroxylamine groups is 2. The van der Waals surface area contributed by atoms with Gasteiger partial charge in [0.25, 0.3) is 0 Å². The highest BCUT2D eigenvalue weighted by Crippen LogP contribution is 2.29. The Labute approximate surface area is 113 Å². The van der Waals surface area contributed by atoms with Gasteiger partial charge in [0.15, 0.2) is 5.79 Å². The molecule has 1 aromatic carbocycles. The van der Waals surface area contributed by atoms with E-state index >= 15 is 0 Å². The highest BCUT2D eigenvalue weighted by Gasteiger charge is 2.40. The van der Waals surface area contributed by atoms with Crippen LogP contribution < -0.4 is 0 Å². The molecular weight excluding hydrogens is 242 g/mol. The molecule has 0 amide bonds. The summed E-state index contributed by atoms with van der Waals surface area (Å²) in [6.07, 6.45) is 3.76. The molecule has 1 saturated heterocycles. The van der Waals surface area contributed by atoms with Crippen LogP contribution in [0.4, 0.5) is 0 Å². The van der Waals surface area contributed by atoms with E-state index < -0.39 is 5.79 Å². The molecule has 2 aliphatic heterocycles. The molecule has 4 heteroatoms. The minimum Gasteiger partial charge on any atom is -0.413 e. The molecule has 0 aliphatic carbocycles. The molecule has 0 unspecified atom stereocenters. The summed E-state index contributed by atoms with van der Waals surface area (Å²) in [7, 11) is 0. The third-order valence-electron chi connectivity index (χ3n) is 3.40. The molecule has 0 saturated carbocycles. The van der Waals surface area contributed by atoms with Crippen molar-refractivity contribution in [3.05, 3.63) is 48.2 Å². The topological polar surface area (TPSA) is 30.9 Å². The number of rotatable bonds is 3. The van der Waals surface area contributed by atoms with Crippen molar-refractivity contribution in [3.63, 3.8) is 0 Å². The van der Waals surface area contributed by atoms with Crippen LogP contribution >= 0.6 is 0 Å². The van der Waals surface area contributed by atoms with Gasteiger partial charge < -0.3 is 14.3 Å². The maximum Gasteiger partial charge on any atom is 0.163 e. The molecule has 0 bridgehead atoms. The fourth-order valence-electron chi connectivity index (χ4n) is 2.46. The van der Waals surface area contributed by atoms with Gasteiger partial charge in [0, 0.05) is 0 Å². The van der Waals surface area contributed by atoms with Gasteiger partial charge in [-0.3, -0.25) is 0 Å². The smallest absolute Gasteiger partial charge is 0.163 e. The van der Waals surface area contributed by atoms with E-state index in [0.717, 1.165) is 6.54 Å². The van der Waals surface area contributed by atoms with E-state index in [9.17, 15) is 0 Å². The second-order valence-electron chi connectivity index (χ2n) is 5.35. The van der Waals surface area contributed by atoms with Gasteiger partial charge in [0.1, 0.15) is 12.4 Å². The van der Waals surface area contributed by atoms with Crippen molar-refractivity contribution in [1.82, 2.24) is 5.06 Å². The number of benzene rings is 1. The van der Waals surface area contributed by atoms with Gasteiger partial charge in [0.2, 0.25) is 0 Å². The van der Waals surface area contributed by atoms with Gasteiger partial charge in [-0.2, -0.15) is 0 Å². The number of ether oxygens (including phenoxy) is 2. The van der Waals surface area contributed by atoms with Crippen LogP contribution in [0.25, 0.3) is 0 Å². The van der Waals surface area contributed by atoms with Gasteiger partial charge in [-0.1, -0.05) is 30.3 Å². The van der Waals surface area contributed by atoms with Crippen molar-refractivity contribution in [1.29, 1.82) is 0 Å². The summed E-state index contributed by atoms with van der Waals surface area (Å²) in [5, 5.41) is 1.94. The highest BCUT2D eigenvalue weighted by molar-refractivity contribution is 5.15. The number of hydrogen-bond acceptors (Lipinski definition) is 4. The summed E-state index contributed by atoms with van der Waals surface area (Å²) >= 11 is 0. The molecular formula is C15H19NO3. The molecule has 0 spiro atoms. The summed E-state index contributed by atoms with van der Waals surface area (Å²) < 4.78 is 11.5. The quantitative estimate of drug-likeness (QED) is 0.836. The van der Waals surface area contributed by atoms with Crippen LogP contribution in [-0.2, 0) is 20.9 Å². The lowest BCUT2D eigenvalue weighted by Gasteiger charge is -2.27. The minimum atomic E-state index is -0.500. The van der Waals surface area contributed by atoms with Crippen molar-refractivity contribution in [3.8, 4) is 0 Å². The van der Waals surface area contributed by atoms with Crippen LogP contribution in [0.5, 0.6) is 0 Å². The van der Waals surface area contributed by atoms with Crippen molar-refractivity contribution in [2.45, 2.75) is 38.3 Å². The summed E-state index contributed by atoms with van der Waals surface area (Å²) in [5.41, 5.74) is 1.22. The molecule has 0 aromatic heterocycles.